The van der Waals surface area contributed by atoms with Gasteiger partial charge in [-0.1, -0.05) is 6.92 Å². The van der Waals surface area contributed by atoms with E-state index in [1.165, 1.54) is 24.3 Å². The van der Waals surface area contributed by atoms with Gasteiger partial charge < -0.3 is 15.5 Å². The number of urea groups is 1. The van der Waals surface area contributed by atoms with Crippen LogP contribution in [0.5, 0.6) is 0 Å². The number of nitrogens with zero attached hydrogens (tertiary/aromatic N) is 1. The third kappa shape index (κ3) is 4.44. The smallest absolute Gasteiger partial charge is 0.317 e. The summed E-state index contributed by atoms with van der Waals surface area (Å²) in [4.78, 5) is 25.7. The van der Waals surface area contributed by atoms with Crippen LogP contribution in [0.4, 0.5) is 9.18 Å². The van der Waals surface area contributed by atoms with Crippen molar-refractivity contribution in [2.75, 3.05) is 19.6 Å². The Labute approximate surface area is 129 Å². The molecule has 0 aliphatic carbocycles. The normalized spacial score (nSPS) is 15.5. The van der Waals surface area contributed by atoms with Gasteiger partial charge in [0, 0.05) is 31.2 Å². The zero-order chi connectivity index (χ0) is 15.9. The van der Waals surface area contributed by atoms with E-state index >= 15 is 0 Å². The van der Waals surface area contributed by atoms with E-state index in [9.17, 15) is 14.0 Å². The molecule has 1 aromatic rings. The molecule has 0 atom stereocenters. The van der Waals surface area contributed by atoms with E-state index < -0.39 is 0 Å². The van der Waals surface area contributed by atoms with Gasteiger partial charge in [-0.05, 0) is 43.5 Å². The number of halogens is 1. The number of likely N-dealkylation sites (tertiary alicyclic amines) is 1. The van der Waals surface area contributed by atoms with E-state index in [1.54, 1.807) is 4.90 Å². The Balaban J connectivity index is 1.78. The lowest BCUT2D eigenvalue weighted by atomic mass is 10.0. The zero-order valence-electron chi connectivity index (χ0n) is 12.8. The molecular weight excluding hydrogens is 285 g/mol. The zero-order valence-corrected chi connectivity index (χ0v) is 12.8. The first-order chi connectivity index (χ1) is 10.6. The van der Waals surface area contributed by atoms with Crippen molar-refractivity contribution in [1.82, 2.24) is 15.5 Å². The number of carbonyl (C=O) groups excluding carboxylic acids is 2. The Hall–Kier alpha value is -2.11. The Morgan fingerprint density at radius 2 is 1.86 bits per heavy atom. The van der Waals surface area contributed by atoms with Crippen LogP contribution in [0.1, 0.15) is 36.5 Å². The number of hydrogen-bond donors (Lipinski definition) is 2. The third-order valence-corrected chi connectivity index (χ3v) is 3.75. The molecule has 1 aromatic carbocycles. The lowest BCUT2D eigenvalue weighted by molar-refractivity contribution is 0.0918. The van der Waals surface area contributed by atoms with Crippen molar-refractivity contribution in [2.24, 2.45) is 0 Å². The van der Waals surface area contributed by atoms with Gasteiger partial charge in [0.2, 0.25) is 0 Å². The summed E-state index contributed by atoms with van der Waals surface area (Å²) in [5, 5.41) is 5.79. The molecule has 0 spiro atoms. The van der Waals surface area contributed by atoms with E-state index in [0.717, 1.165) is 19.3 Å². The first kappa shape index (κ1) is 16.3. The van der Waals surface area contributed by atoms with Crippen molar-refractivity contribution in [3.05, 3.63) is 35.6 Å². The maximum atomic E-state index is 12.8. The highest BCUT2D eigenvalue weighted by atomic mass is 19.1. The van der Waals surface area contributed by atoms with Gasteiger partial charge in [-0.25, -0.2) is 9.18 Å². The molecule has 0 aromatic heterocycles. The summed E-state index contributed by atoms with van der Waals surface area (Å²) in [5.74, 6) is -0.558. The molecule has 2 N–H and O–H groups in total. The second-order valence-corrected chi connectivity index (χ2v) is 5.47. The van der Waals surface area contributed by atoms with Crippen molar-refractivity contribution >= 4 is 11.9 Å². The summed E-state index contributed by atoms with van der Waals surface area (Å²) in [6.45, 7) is 3.95. The molecule has 1 aliphatic rings. The van der Waals surface area contributed by atoms with E-state index in [4.69, 9.17) is 0 Å². The van der Waals surface area contributed by atoms with E-state index in [1.807, 2.05) is 6.92 Å². The first-order valence-electron chi connectivity index (χ1n) is 7.69. The van der Waals surface area contributed by atoms with Crippen LogP contribution in [-0.2, 0) is 0 Å². The van der Waals surface area contributed by atoms with Crippen LogP contribution in [0.25, 0.3) is 0 Å². The number of hydrogen-bond acceptors (Lipinski definition) is 2. The number of piperidine rings is 1. The minimum atomic E-state index is -0.358. The van der Waals surface area contributed by atoms with E-state index in [0.29, 0.717) is 25.2 Å². The molecule has 0 bridgehead atoms. The standard InChI is InChI=1S/C16H22FN3O2/c1-2-9-18-16(22)20-10-7-14(8-11-20)19-15(21)12-3-5-13(17)6-4-12/h3-6,14H,2,7-11H2,1H3,(H,18,22)(H,19,21). The number of carbonyl (C=O) groups is 2. The molecule has 22 heavy (non-hydrogen) atoms. The second kappa shape index (κ2) is 7.77. The number of nitrogens with one attached hydrogen (secondary N) is 2. The van der Waals surface area contributed by atoms with Crippen LogP contribution < -0.4 is 10.6 Å². The topological polar surface area (TPSA) is 61.4 Å². The molecule has 1 saturated heterocycles. The molecule has 120 valence electrons. The molecule has 0 saturated carbocycles. The maximum absolute atomic E-state index is 12.8. The molecule has 1 heterocycles. The molecule has 6 heteroatoms. The minimum absolute atomic E-state index is 0.0369. The summed E-state index contributed by atoms with van der Waals surface area (Å²) in [6, 6.07) is 5.50. The summed E-state index contributed by atoms with van der Waals surface area (Å²) in [6.07, 6.45) is 2.37. The van der Waals surface area contributed by atoms with Gasteiger partial charge in [0.1, 0.15) is 5.82 Å². The van der Waals surface area contributed by atoms with Crippen molar-refractivity contribution in [3.8, 4) is 0 Å². The first-order valence-corrected chi connectivity index (χ1v) is 7.69. The largest absolute Gasteiger partial charge is 0.349 e. The highest BCUT2D eigenvalue weighted by Gasteiger charge is 2.23. The lowest BCUT2D eigenvalue weighted by Gasteiger charge is -2.32. The fraction of sp³-hybridized carbons (Fsp3) is 0.500. The molecule has 0 unspecified atom stereocenters. The van der Waals surface area contributed by atoms with Crippen LogP contribution in [0.2, 0.25) is 0 Å². The van der Waals surface area contributed by atoms with Crippen molar-refractivity contribution in [1.29, 1.82) is 0 Å². The van der Waals surface area contributed by atoms with Gasteiger partial charge in [-0.2, -0.15) is 0 Å². The van der Waals surface area contributed by atoms with E-state index in [2.05, 4.69) is 10.6 Å². The Morgan fingerprint density at radius 3 is 2.45 bits per heavy atom. The Kier molecular flexibility index (Phi) is 5.75. The summed E-state index contributed by atoms with van der Waals surface area (Å²) in [5.41, 5.74) is 0.449. The van der Waals surface area contributed by atoms with Gasteiger partial charge in [0.25, 0.3) is 5.91 Å². The maximum Gasteiger partial charge on any atom is 0.317 e. The third-order valence-electron chi connectivity index (χ3n) is 3.75. The molecule has 1 aliphatic heterocycles. The van der Waals surface area contributed by atoms with Gasteiger partial charge in [-0.3, -0.25) is 4.79 Å². The molecule has 1 fully saturated rings. The van der Waals surface area contributed by atoms with Crippen LogP contribution in [0.3, 0.4) is 0 Å². The van der Waals surface area contributed by atoms with Crippen LogP contribution in [-0.4, -0.2) is 42.5 Å². The Bertz CT molecular complexity index is 511. The Morgan fingerprint density at radius 1 is 1.23 bits per heavy atom. The molecule has 3 amide bonds. The predicted molar refractivity (Wildman–Crippen MR) is 82.2 cm³/mol. The number of amides is 3. The van der Waals surface area contributed by atoms with Crippen molar-refractivity contribution < 1.29 is 14.0 Å². The van der Waals surface area contributed by atoms with Crippen molar-refractivity contribution in [3.63, 3.8) is 0 Å². The van der Waals surface area contributed by atoms with Crippen molar-refractivity contribution in [2.45, 2.75) is 32.2 Å². The number of benzene rings is 1. The van der Waals surface area contributed by atoms with Gasteiger partial charge in [-0.15, -0.1) is 0 Å². The minimum Gasteiger partial charge on any atom is -0.349 e. The molecule has 0 radical (unpaired) electrons. The average molecular weight is 307 g/mol. The van der Waals surface area contributed by atoms with Gasteiger partial charge in [0.15, 0.2) is 0 Å². The summed E-state index contributed by atoms with van der Waals surface area (Å²) < 4.78 is 12.8. The second-order valence-electron chi connectivity index (χ2n) is 5.47. The quantitative estimate of drug-likeness (QED) is 0.895. The highest BCUT2D eigenvalue weighted by molar-refractivity contribution is 5.94. The summed E-state index contributed by atoms with van der Waals surface area (Å²) >= 11 is 0. The number of rotatable bonds is 4. The van der Waals surface area contributed by atoms with Gasteiger partial charge in [0.05, 0.1) is 0 Å². The molecule has 5 nitrogen and oxygen atoms in total. The fourth-order valence-corrected chi connectivity index (χ4v) is 2.44. The average Bonchev–Trinajstić information content (AvgIpc) is 2.54. The summed E-state index contributed by atoms with van der Waals surface area (Å²) in [7, 11) is 0. The monoisotopic (exact) mass is 307 g/mol. The SMILES string of the molecule is CCCNC(=O)N1CCC(NC(=O)c2ccc(F)cc2)CC1. The van der Waals surface area contributed by atoms with Crippen LogP contribution in [0.15, 0.2) is 24.3 Å². The van der Waals surface area contributed by atoms with Crippen LogP contribution >= 0.6 is 0 Å². The molecule has 2 rings (SSSR count). The highest BCUT2D eigenvalue weighted by Crippen LogP contribution is 2.12. The molecular formula is C16H22FN3O2. The van der Waals surface area contributed by atoms with E-state index in [-0.39, 0.29) is 23.8 Å². The lowest BCUT2D eigenvalue weighted by Crippen LogP contribution is -2.49. The fourth-order valence-electron chi connectivity index (χ4n) is 2.44. The predicted octanol–water partition coefficient (Wildman–Crippen LogP) is 2.14. The van der Waals surface area contributed by atoms with Crippen LogP contribution in [0, 0.1) is 5.82 Å². The van der Waals surface area contributed by atoms with Gasteiger partial charge >= 0.3 is 6.03 Å².